The van der Waals surface area contributed by atoms with Crippen molar-refractivity contribution in [2.75, 3.05) is 57.1 Å². The van der Waals surface area contributed by atoms with Crippen molar-refractivity contribution < 1.29 is 32.9 Å². The van der Waals surface area contributed by atoms with Gasteiger partial charge in [-0.15, -0.1) is 11.8 Å². The molecule has 0 atom stereocenters. The highest BCUT2D eigenvalue weighted by atomic mass is 32.2. The average Bonchev–Trinajstić information content (AvgIpc) is 2.79. The van der Waals surface area contributed by atoms with Crippen molar-refractivity contribution in [1.29, 1.82) is 0 Å². The minimum atomic E-state index is -5.08. The van der Waals surface area contributed by atoms with Crippen molar-refractivity contribution in [1.82, 2.24) is 14.9 Å². The molecular formula is C21H27F3N4O4S. The number of aliphatic carboxylic acids is 1. The summed E-state index contributed by atoms with van der Waals surface area (Å²) in [6.45, 7) is 5.75. The Morgan fingerprint density at radius 2 is 1.82 bits per heavy atom. The Kier molecular flexibility index (Phi) is 8.38. The number of fused-ring (bicyclic) bond motifs is 1. The lowest BCUT2D eigenvalue weighted by Crippen LogP contribution is -2.53. The molecule has 0 aliphatic carbocycles. The quantitative estimate of drug-likeness (QED) is 0.630. The predicted octanol–water partition coefficient (Wildman–Crippen LogP) is 2.65. The van der Waals surface area contributed by atoms with Gasteiger partial charge in [0.1, 0.15) is 12.1 Å². The van der Waals surface area contributed by atoms with Crippen LogP contribution in [-0.4, -0.2) is 95.0 Å². The van der Waals surface area contributed by atoms with Crippen LogP contribution in [0, 0.1) is 0 Å². The van der Waals surface area contributed by atoms with E-state index in [1.54, 1.807) is 18.1 Å². The molecule has 2 aliphatic heterocycles. The van der Waals surface area contributed by atoms with Crippen LogP contribution in [0.4, 0.5) is 19.0 Å². The van der Waals surface area contributed by atoms with E-state index in [-0.39, 0.29) is 0 Å². The van der Waals surface area contributed by atoms with Gasteiger partial charge in [-0.05, 0) is 37.3 Å². The summed E-state index contributed by atoms with van der Waals surface area (Å²) in [7, 11) is 0. The third-order valence-corrected chi connectivity index (χ3v) is 6.40. The molecule has 0 radical (unpaired) electrons. The highest BCUT2D eigenvalue weighted by Crippen LogP contribution is 2.31. The summed E-state index contributed by atoms with van der Waals surface area (Å²) in [4.78, 5) is 23.7. The highest BCUT2D eigenvalue weighted by molar-refractivity contribution is 7.98. The maximum Gasteiger partial charge on any atom is 0.490 e. The Morgan fingerprint density at radius 1 is 1.18 bits per heavy atom. The minimum Gasteiger partial charge on any atom is -0.475 e. The molecule has 0 bridgehead atoms. The maximum absolute atomic E-state index is 11.0. The van der Waals surface area contributed by atoms with Crippen LogP contribution in [-0.2, 0) is 9.53 Å². The second-order valence-corrected chi connectivity index (χ2v) is 8.86. The standard InChI is InChI=1S/C19H26N4O2S.C2HF3O2/c1-26-15-2-3-17-16(12-15)18(21-14-20-17)23-6-4-19(24,5-7-23)13-22-8-10-25-11-9-22;3-2(4,5)1(6)7/h2-3,12,14,24H,4-11,13H2,1H3;(H,6,7). The van der Waals surface area contributed by atoms with Gasteiger partial charge in [0.25, 0.3) is 0 Å². The molecule has 2 aliphatic rings. The third kappa shape index (κ3) is 6.92. The molecule has 0 amide bonds. The van der Waals surface area contributed by atoms with Gasteiger partial charge in [-0.3, -0.25) is 4.90 Å². The summed E-state index contributed by atoms with van der Waals surface area (Å²) in [5, 5.41) is 19.3. The topological polar surface area (TPSA) is 99.0 Å². The summed E-state index contributed by atoms with van der Waals surface area (Å²) < 4.78 is 37.1. The highest BCUT2D eigenvalue weighted by Gasteiger charge is 2.38. The number of β-amino-alcohol motifs (C(OH)–C–C–N with tert-alkyl or cyclic N) is 1. The number of ether oxygens (including phenoxy) is 1. The Bertz CT molecular complexity index is 949. The SMILES string of the molecule is CSc1ccc2ncnc(N3CCC(O)(CN4CCOCC4)CC3)c2c1.O=C(O)C(F)(F)F. The molecule has 0 spiro atoms. The van der Waals surface area contributed by atoms with Gasteiger partial charge in [0.15, 0.2) is 0 Å². The van der Waals surface area contributed by atoms with E-state index < -0.39 is 17.7 Å². The number of carbonyl (C=O) groups is 1. The molecule has 3 heterocycles. The van der Waals surface area contributed by atoms with Gasteiger partial charge < -0.3 is 19.8 Å². The number of piperidine rings is 1. The molecule has 0 saturated carbocycles. The molecule has 33 heavy (non-hydrogen) atoms. The number of morpholine rings is 1. The van der Waals surface area contributed by atoms with E-state index in [4.69, 9.17) is 14.6 Å². The first-order valence-electron chi connectivity index (χ1n) is 10.5. The second kappa shape index (κ2) is 10.9. The lowest BCUT2D eigenvalue weighted by Gasteiger charge is -2.42. The van der Waals surface area contributed by atoms with Crippen molar-refractivity contribution >= 4 is 34.5 Å². The Hall–Kier alpha value is -2.15. The minimum absolute atomic E-state index is 0.610. The average molecular weight is 489 g/mol. The summed E-state index contributed by atoms with van der Waals surface area (Å²) in [6, 6.07) is 6.33. The first-order chi connectivity index (χ1) is 15.6. The number of halogens is 3. The van der Waals surface area contributed by atoms with Gasteiger partial charge in [0, 0.05) is 43.0 Å². The lowest BCUT2D eigenvalue weighted by molar-refractivity contribution is -0.192. The molecule has 2 N–H and O–H groups in total. The van der Waals surface area contributed by atoms with Crippen molar-refractivity contribution in [3.05, 3.63) is 24.5 Å². The number of carboxylic acids is 1. The van der Waals surface area contributed by atoms with Gasteiger partial charge >= 0.3 is 12.1 Å². The zero-order valence-corrected chi connectivity index (χ0v) is 19.0. The van der Waals surface area contributed by atoms with Gasteiger partial charge in [-0.25, -0.2) is 14.8 Å². The maximum atomic E-state index is 11.0. The van der Waals surface area contributed by atoms with E-state index in [0.717, 1.165) is 75.5 Å². The van der Waals surface area contributed by atoms with Gasteiger partial charge in [0.2, 0.25) is 0 Å². The van der Waals surface area contributed by atoms with Crippen LogP contribution >= 0.6 is 11.8 Å². The van der Waals surface area contributed by atoms with E-state index in [1.807, 2.05) is 0 Å². The summed E-state index contributed by atoms with van der Waals surface area (Å²) >= 11 is 1.73. The van der Waals surface area contributed by atoms with Crippen LogP contribution in [0.2, 0.25) is 0 Å². The van der Waals surface area contributed by atoms with Crippen LogP contribution in [0.25, 0.3) is 10.9 Å². The van der Waals surface area contributed by atoms with Crippen molar-refractivity contribution in [3.8, 4) is 0 Å². The second-order valence-electron chi connectivity index (χ2n) is 7.98. The first-order valence-corrected chi connectivity index (χ1v) is 11.7. The number of nitrogens with zero attached hydrogens (tertiary/aromatic N) is 4. The van der Waals surface area contributed by atoms with Crippen LogP contribution in [0.3, 0.4) is 0 Å². The summed E-state index contributed by atoms with van der Waals surface area (Å²) in [5.74, 6) is -1.77. The number of aliphatic hydroxyl groups is 1. The van der Waals surface area contributed by atoms with E-state index in [2.05, 4.69) is 44.2 Å². The largest absolute Gasteiger partial charge is 0.490 e. The van der Waals surface area contributed by atoms with Crippen LogP contribution in [0.15, 0.2) is 29.4 Å². The number of anilines is 1. The fourth-order valence-corrected chi connectivity index (χ4v) is 4.31. The zero-order chi connectivity index (χ0) is 24.1. The summed E-state index contributed by atoms with van der Waals surface area (Å²) in [5.41, 5.74) is 0.364. The number of alkyl halides is 3. The van der Waals surface area contributed by atoms with Gasteiger partial charge in [-0.2, -0.15) is 13.2 Å². The molecule has 12 heteroatoms. The third-order valence-electron chi connectivity index (χ3n) is 5.68. The number of thioether (sulfide) groups is 1. The van der Waals surface area contributed by atoms with Crippen molar-refractivity contribution in [2.24, 2.45) is 0 Å². The Morgan fingerprint density at radius 3 is 2.39 bits per heavy atom. The number of carboxylic acid groups (broad SMARTS) is 1. The molecule has 4 rings (SSSR count). The molecule has 0 unspecified atom stereocenters. The zero-order valence-electron chi connectivity index (χ0n) is 18.2. The molecule has 2 fully saturated rings. The van der Waals surface area contributed by atoms with E-state index >= 15 is 0 Å². The summed E-state index contributed by atoms with van der Waals surface area (Å²) in [6.07, 6.45) is 0.165. The molecule has 1 aromatic carbocycles. The fourth-order valence-electron chi connectivity index (χ4n) is 3.87. The fraction of sp³-hybridized carbons (Fsp3) is 0.571. The number of hydrogen-bond acceptors (Lipinski definition) is 8. The Labute approximate surface area is 193 Å². The van der Waals surface area contributed by atoms with Crippen LogP contribution in [0.1, 0.15) is 12.8 Å². The molecule has 182 valence electrons. The number of rotatable bonds is 4. The molecule has 1 aromatic heterocycles. The smallest absolute Gasteiger partial charge is 0.475 e. The number of aromatic nitrogens is 2. The first kappa shape index (κ1) is 25.5. The van der Waals surface area contributed by atoms with Crippen molar-refractivity contribution in [3.63, 3.8) is 0 Å². The van der Waals surface area contributed by atoms with E-state index in [0.29, 0.717) is 0 Å². The normalized spacial score (nSPS) is 19.1. The molecule has 2 aromatic rings. The Balaban J connectivity index is 0.000000383. The van der Waals surface area contributed by atoms with Crippen molar-refractivity contribution in [2.45, 2.75) is 29.5 Å². The van der Waals surface area contributed by atoms with Crippen LogP contribution in [0.5, 0.6) is 0 Å². The number of hydrogen-bond donors (Lipinski definition) is 2. The number of benzene rings is 1. The molecule has 2 saturated heterocycles. The molecule has 8 nitrogen and oxygen atoms in total. The predicted molar refractivity (Wildman–Crippen MR) is 119 cm³/mol. The van der Waals surface area contributed by atoms with Gasteiger partial charge in [0.05, 0.1) is 24.3 Å². The van der Waals surface area contributed by atoms with Crippen LogP contribution < -0.4 is 4.90 Å². The lowest BCUT2D eigenvalue weighted by atomic mass is 9.90. The van der Waals surface area contributed by atoms with E-state index in [1.165, 1.54) is 4.90 Å². The monoisotopic (exact) mass is 488 g/mol. The van der Waals surface area contributed by atoms with E-state index in [9.17, 15) is 18.3 Å². The molecular weight excluding hydrogens is 461 g/mol. The van der Waals surface area contributed by atoms with Gasteiger partial charge in [-0.1, -0.05) is 0 Å².